The van der Waals surface area contributed by atoms with Crippen LogP contribution in [0.25, 0.3) is 0 Å². The van der Waals surface area contributed by atoms with Gasteiger partial charge in [0.2, 0.25) is 10.0 Å². The molecule has 0 radical (unpaired) electrons. The first kappa shape index (κ1) is 14.3. The molecule has 0 spiro atoms. The topological polar surface area (TPSA) is 46.2 Å². The van der Waals surface area contributed by atoms with Gasteiger partial charge >= 0.3 is 0 Å². The zero-order chi connectivity index (χ0) is 13.1. The molecule has 0 bridgehead atoms. The molecule has 96 valence electrons. The van der Waals surface area contributed by atoms with E-state index >= 15 is 0 Å². The van der Waals surface area contributed by atoms with E-state index in [0.29, 0.717) is 5.56 Å². The number of sulfonamides is 1. The van der Waals surface area contributed by atoms with Crippen LogP contribution in [0.3, 0.4) is 0 Å². The molecule has 0 aliphatic carbocycles. The Labute approximate surface area is 104 Å². The van der Waals surface area contributed by atoms with Gasteiger partial charge in [0.1, 0.15) is 0 Å². The summed E-state index contributed by atoms with van der Waals surface area (Å²) in [4.78, 5) is 0. The van der Waals surface area contributed by atoms with Gasteiger partial charge in [-0.3, -0.25) is 0 Å². The molecule has 1 rings (SSSR count). The summed E-state index contributed by atoms with van der Waals surface area (Å²) < 4.78 is 50.8. The average Bonchev–Trinajstić information content (AvgIpc) is 2.21. The van der Waals surface area contributed by atoms with Crippen molar-refractivity contribution in [3.05, 3.63) is 35.4 Å². The Balaban J connectivity index is 2.83. The highest BCUT2D eigenvalue weighted by Crippen LogP contribution is 2.16. The van der Waals surface area contributed by atoms with E-state index in [-0.39, 0.29) is 11.6 Å². The van der Waals surface area contributed by atoms with Gasteiger partial charge in [0.15, 0.2) is 11.6 Å². The van der Waals surface area contributed by atoms with Crippen molar-refractivity contribution in [1.29, 1.82) is 0 Å². The van der Waals surface area contributed by atoms with E-state index in [2.05, 4.69) is 4.72 Å². The van der Waals surface area contributed by atoms with Gasteiger partial charge in [0, 0.05) is 11.9 Å². The fraction of sp³-hybridized carbons (Fsp3) is 0.400. The number of hydrogen-bond acceptors (Lipinski definition) is 2. The third-order valence-corrected chi connectivity index (χ3v) is 4.01. The number of hydrogen-bond donors (Lipinski definition) is 1. The van der Waals surface area contributed by atoms with Gasteiger partial charge in [0.05, 0.1) is 5.75 Å². The van der Waals surface area contributed by atoms with E-state index in [0.717, 1.165) is 12.1 Å². The third-order valence-electron chi connectivity index (χ3n) is 2.15. The Bertz CT molecular complexity index is 493. The molecule has 1 unspecified atom stereocenters. The van der Waals surface area contributed by atoms with E-state index in [4.69, 9.17) is 11.6 Å². The van der Waals surface area contributed by atoms with Crippen LogP contribution in [0.4, 0.5) is 8.78 Å². The molecule has 0 fully saturated rings. The van der Waals surface area contributed by atoms with Crippen molar-refractivity contribution < 1.29 is 17.2 Å². The zero-order valence-corrected chi connectivity index (χ0v) is 10.7. The van der Waals surface area contributed by atoms with Crippen LogP contribution in [0.5, 0.6) is 0 Å². The molecule has 7 heteroatoms. The molecule has 1 atom stereocenters. The number of halogens is 3. The lowest BCUT2D eigenvalue weighted by Crippen LogP contribution is -2.29. The van der Waals surface area contributed by atoms with Crippen LogP contribution in [0.2, 0.25) is 0 Å². The largest absolute Gasteiger partial charge is 0.213 e. The summed E-state index contributed by atoms with van der Waals surface area (Å²) in [5, 5.41) is 0. The van der Waals surface area contributed by atoms with Crippen molar-refractivity contribution in [1.82, 2.24) is 4.72 Å². The minimum atomic E-state index is -3.50. The standard InChI is InChI=1S/C10H12ClF2NO2S/c1-7(14-17(15,16)5-4-11)8-2-3-9(12)10(13)6-8/h2-3,6-7,14H,4-5H2,1H3. The minimum Gasteiger partial charge on any atom is -0.212 e. The number of rotatable bonds is 5. The Morgan fingerprint density at radius 2 is 2.00 bits per heavy atom. The first-order valence-electron chi connectivity index (χ1n) is 4.86. The molecule has 0 saturated carbocycles. The lowest BCUT2D eigenvalue weighted by atomic mass is 10.1. The molecule has 0 amide bonds. The Morgan fingerprint density at radius 3 is 2.53 bits per heavy atom. The Morgan fingerprint density at radius 1 is 1.35 bits per heavy atom. The minimum absolute atomic E-state index is 0.0279. The molecule has 0 heterocycles. The molecule has 0 aliphatic rings. The summed E-state index contributed by atoms with van der Waals surface area (Å²) in [7, 11) is -3.50. The summed E-state index contributed by atoms with van der Waals surface area (Å²) in [6, 6.07) is 2.60. The van der Waals surface area contributed by atoms with E-state index in [1.165, 1.54) is 6.07 Å². The normalized spacial score (nSPS) is 13.6. The molecule has 17 heavy (non-hydrogen) atoms. The maximum atomic E-state index is 12.9. The molecule has 3 nitrogen and oxygen atoms in total. The first-order valence-corrected chi connectivity index (χ1v) is 7.05. The molecular formula is C10H12ClF2NO2S. The first-order chi connectivity index (χ1) is 7.85. The predicted octanol–water partition coefficient (Wildman–Crippen LogP) is 2.18. The van der Waals surface area contributed by atoms with Crippen LogP contribution in [0.15, 0.2) is 18.2 Å². The lowest BCUT2D eigenvalue weighted by molar-refractivity contribution is 0.504. The summed E-state index contributed by atoms with van der Waals surface area (Å²) in [6.45, 7) is 1.54. The fourth-order valence-electron chi connectivity index (χ4n) is 1.28. The SMILES string of the molecule is CC(NS(=O)(=O)CCCl)c1ccc(F)c(F)c1. The maximum absolute atomic E-state index is 12.9. The van der Waals surface area contributed by atoms with Crippen LogP contribution in [0.1, 0.15) is 18.5 Å². The highest BCUT2D eigenvalue weighted by Gasteiger charge is 2.16. The number of nitrogens with one attached hydrogen (secondary N) is 1. The van der Waals surface area contributed by atoms with Crippen LogP contribution in [-0.4, -0.2) is 20.1 Å². The molecule has 1 aromatic rings. The second-order valence-electron chi connectivity index (χ2n) is 3.52. The second-order valence-corrected chi connectivity index (χ2v) is 5.77. The smallest absolute Gasteiger partial charge is 0.212 e. The van der Waals surface area contributed by atoms with Crippen molar-refractivity contribution in [2.24, 2.45) is 0 Å². The van der Waals surface area contributed by atoms with Gasteiger partial charge < -0.3 is 0 Å². The monoisotopic (exact) mass is 283 g/mol. The van der Waals surface area contributed by atoms with Gasteiger partial charge in [-0.05, 0) is 24.6 Å². The second kappa shape index (κ2) is 5.75. The molecule has 1 N–H and O–H groups in total. The fourth-order valence-corrected chi connectivity index (χ4v) is 2.88. The van der Waals surface area contributed by atoms with E-state index in [1.807, 2.05) is 0 Å². The van der Waals surface area contributed by atoms with Gasteiger partial charge in [-0.2, -0.15) is 0 Å². The molecular weight excluding hydrogens is 272 g/mol. The lowest BCUT2D eigenvalue weighted by Gasteiger charge is -2.14. The zero-order valence-electron chi connectivity index (χ0n) is 9.08. The summed E-state index contributed by atoms with van der Waals surface area (Å²) in [5.41, 5.74) is 0.349. The number of alkyl halides is 1. The van der Waals surface area contributed by atoms with Gasteiger partial charge in [0.25, 0.3) is 0 Å². The average molecular weight is 284 g/mol. The Hall–Kier alpha value is -0.720. The third kappa shape index (κ3) is 4.22. The van der Waals surface area contributed by atoms with Gasteiger partial charge in [-0.15, -0.1) is 11.6 Å². The summed E-state index contributed by atoms with van der Waals surface area (Å²) in [6.07, 6.45) is 0. The van der Waals surface area contributed by atoms with Crippen molar-refractivity contribution in [3.8, 4) is 0 Å². The molecule has 0 aromatic heterocycles. The van der Waals surface area contributed by atoms with Crippen LogP contribution in [-0.2, 0) is 10.0 Å². The molecule has 0 saturated heterocycles. The van der Waals surface area contributed by atoms with Crippen molar-refractivity contribution in [2.75, 3.05) is 11.6 Å². The molecule has 0 aliphatic heterocycles. The van der Waals surface area contributed by atoms with Crippen LogP contribution < -0.4 is 4.72 Å². The van der Waals surface area contributed by atoms with E-state index < -0.39 is 27.7 Å². The maximum Gasteiger partial charge on any atom is 0.213 e. The Kier molecular flexibility index (Phi) is 4.85. The van der Waals surface area contributed by atoms with Gasteiger partial charge in [-0.1, -0.05) is 6.07 Å². The highest BCUT2D eigenvalue weighted by atomic mass is 35.5. The predicted molar refractivity (Wildman–Crippen MR) is 62.4 cm³/mol. The van der Waals surface area contributed by atoms with Gasteiger partial charge in [-0.25, -0.2) is 21.9 Å². The van der Waals surface area contributed by atoms with E-state index in [1.54, 1.807) is 6.92 Å². The van der Waals surface area contributed by atoms with Crippen molar-refractivity contribution in [3.63, 3.8) is 0 Å². The van der Waals surface area contributed by atoms with E-state index in [9.17, 15) is 17.2 Å². The van der Waals surface area contributed by atoms with Crippen molar-refractivity contribution >= 4 is 21.6 Å². The number of benzene rings is 1. The quantitative estimate of drug-likeness (QED) is 0.842. The summed E-state index contributed by atoms with van der Waals surface area (Å²) in [5.74, 6) is -2.22. The van der Waals surface area contributed by atoms with Crippen LogP contribution in [0, 0.1) is 11.6 Å². The van der Waals surface area contributed by atoms with Crippen molar-refractivity contribution in [2.45, 2.75) is 13.0 Å². The molecule has 1 aromatic carbocycles. The highest BCUT2D eigenvalue weighted by molar-refractivity contribution is 7.89. The van der Waals surface area contributed by atoms with Crippen LogP contribution >= 0.6 is 11.6 Å². The summed E-state index contributed by atoms with van der Waals surface area (Å²) >= 11 is 5.33.